The summed E-state index contributed by atoms with van der Waals surface area (Å²) in [4.78, 5) is 22.6. The predicted molar refractivity (Wildman–Crippen MR) is 63.0 cm³/mol. The highest BCUT2D eigenvalue weighted by Crippen LogP contribution is 2.11. The molecule has 4 heteroatoms. The molecule has 94 valence electrons. The third kappa shape index (κ3) is 7.26. The number of hydrogen-bond acceptors (Lipinski definition) is 3. The molecule has 0 aromatic rings. The Balaban J connectivity index is 3.86. The molecule has 4 nitrogen and oxygen atoms in total. The van der Waals surface area contributed by atoms with Crippen molar-refractivity contribution in [2.45, 2.75) is 58.9 Å². The third-order valence-electron chi connectivity index (χ3n) is 2.21. The maximum atomic E-state index is 11.5. The molecule has 0 radical (unpaired) electrons. The maximum absolute atomic E-state index is 11.5. The highest BCUT2D eigenvalue weighted by Gasteiger charge is 2.19. The highest BCUT2D eigenvalue weighted by molar-refractivity contribution is 5.81. The van der Waals surface area contributed by atoms with Crippen LogP contribution in [-0.4, -0.2) is 24.0 Å². The molecule has 1 N–H and O–H groups in total. The van der Waals surface area contributed by atoms with E-state index >= 15 is 0 Å². The predicted octanol–water partition coefficient (Wildman–Crippen LogP) is 2.02. The van der Waals surface area contributed by atoms with Crippen molar-refractivity contribution in [3.63, 3.8) is 0 Å². The summed E-state index contributed by atoms with van der Waals surface area (Å²) in [6.07, 6.45) is 2.30. The van der Waals surface area contributed by atoms with Gasteiger partial charge in [-0.05, 0) is 27.2 Å². The van der Waals surface area contributed by atoms with Crippen molar-refractivity contribution in [3.8, 4) is 0 Å². The standard InChI is InChI=1S/C12H23NO3/c1-5-9-12(3,4)13-10(14)7-8-11(15)16-6-2/h5-9H2,1-4H3,(H,13,14). The van der Waals surface area contributed by atoms with Crippen LogP contribution in [0.5, 0.6) is 0 Å². The van der Waals surface area contributed by atoms with Crippen molar-refractivity contribution in [3.05, 3.63) is 0 Å². The molecule has 0 saturated carbocycles. The lowest BCUT2D eigenvalue weighted by molar-refractivity contribution is -0.144. The number of carbonyl (C=O) groups excluding carboxylic acids is 2. The van der Waals surface area contributed by atoms with Gasteiger partial charge in [0.15, 0.2) is 0 Å². The quantitative estimate of drug-likeness (QED) is 0.679. The molecule has 1 amide bonds. The monoisotopic (exact) mass is 229 g/mol. The second-order valence-corrected chi connectivity index (χ2v) is 4.49. The van der Waals surface area contributed by atoms with Crippen molar-refractivity contribution in [1.82, 2.24) is 5.32 Å². The van der Waals surface area contributed by atoms with Crippen molar-refractivity contribution in [1.29, 1.82) is 0 Å². The number of amides is 1. The molecular weight excluding hydrogens is 206 g/mol. The Morgan fingerprint density at radius 2 is 1.81 bits per heavy atom. The average molecular weight is 229 g/mol. The van der Waals surface area contributed by atoms with Crippen molar-refractivity contribution < 1.29 is 14.3 Å². The van der Waals surface area contributed by atoms with Crippen LogP contribution < -0.4 is 5.32 Å². The van der Waals surface area contributed by atoms with Gasteiger partial charge in [0.05, 0.1) is 13.0 Å². The average Bonchev–Trinajstić information content (AvgIpc) is 2.14. The van der Waals surface area contributed by atoms with Crippen molar-refractivity contribution in [2.24, 2.45) is 0 Å². The second kappa shape index (κ2) is 7.25. The summed E-state index contributed by atoms with van der Waals surface area (Å²) >= 11 is 0. The number of carbonyl (C=O) groups is 2. The summed E-state index contributed by atoms with van der Waals surface area (Å²) in [7, 11) is 0. The molecule has 0 aliphatic heterocycles. The molecule has 0 fully saturated rings. The molecule has 0 rings (SSSR count). The Bertz CT molecular complexity index is 236. The van der Waals surface area contributed by atoms with E-state index in [4.69, 9.17) is 4.74 Å². The maximum Gasteiger partial charge on any atom is 0.306 e. The van der Waals surface area contributed by atoms with E-state index in [0.29, 0.717) is 6.61 Å². The normalized spacial score (nSPS) is 11.0. The molecular formula is C12H23NO3. The summed E-state index contributed by atoms with van der Waals surface area (Å²) in [5, 5.41) is 2.91. The van der Waals surface area contributed by atoms with Gasteiger partial charge in [0.25, 0.3) is 0 Å². The van der Waals surface area contributed by atoms with Crippen LogP contribution in [0.15, 0.2) is 0 Å². The zero-order chi connectivity index (χ0) is 12.6. The fourth-order valence-corrected chi connectivity index (χ4v) is 1.58. The van der Waals surface area contributed by atoms with Gasteiger partial charge in [0, 0.05) is 12.0 Å². The Kier molecular flexibility index (Phi) is 6.77. The summed E-state index contributed by atoms with van der Waals surface area (Å²) in [6.45, 7) is 8.16. The number of esters is 1. The minimum absolute atomic E-state index is 0.0912. The lowest BCUT2D eigenvalue weighted by Gasteiger charge is -2.25. The Morgan fingerprint density at radius 1 is 1.19 bits per heavy atom. The SMILES string of the molecule is CCCC(C)(C)NC(=O)CCC(=O)OCC. The topological polar surface area (TPSA) is 55.4 Å². The summed E-state index contributed by atoms with van der Waals surface area (Å²) in [6, 6.07) is 0. The zero-order valence-electron chi connectivity index (χ0n) is 10.8. The van der Waals surface area contributed by atoms with Crippen LogP contribution in [0, 0.1) is 0 Å². The van der Waals surface area contributed by atoms with Gasteiger partial charge in [0.2, 0.25) is 5.91 Å². The van der Waals surface area contributed by atoms with Gasteiger partial charge in [-0.3, -0.25) is 9.59 Å². The minimum Gasteiger partial charge on any atom is -0.466 e. The van der Waals surface area contributed by atoms with E-state index in [1.54, 1.807) is 6.92 Å². The van der Waals surface area contributed by atoms with Crippen LogP contribution in [-0.2, 0) is 14.3 Å². The first-order chi connectivity index (χ1) is 7.41. The van der Waals surface area contributed by atoms with Gasteiger partial charge >= 0.3 is 5.97 Å². The van der Waals surface area contributed by atoms with Gasteiger partial charge < -0.3 is 10.1 Å². The van der Waals surface area contributed by atoms with Crippen molar-refractivity contribution in [2.75, 3.05) is 6.61 Å². The first-order valence-electron chi connectivity index (χ1n) is 5.88. The molecule has 16 heavy (non-hydrogen) atoms. The molecule has 0 heterocycles. The van der Waals surface area contributed by atoms with E-state index in [1.807, 2.05) is 13.8 Å². The van der Waals surface area contributed by atoms with Gasteiger partial charge in [-0.2, -0.15) is 0 Å². The van der Waals surface area contributed by atoms with E-state index in [0.717, 1.165) is 12.8 Å². The third-order valence-corrected chi connectivity index (χ3v) is 2.21. The van der Waals surface area contributed by atoms with Crippen LogP contribution in [0.3, 0.4) is 0 Å². The highest BCUT2D eigenvalue weighted by atomic mass is 16.5. The molecule has 0 unspecified atom stereocenters. The van der Waals surface area contributed by atoms with Crippen molar-refractivity contribution >= 4 is 11.9 Å². The summed E-state index contributed by atoms with van der Waals surface area (Å²) in [5.74, 6) is -0.405. The fraction of sp³-hybridized carbons (Fsp3) is 0.833. The smallest absolute Gasteiger partial charge is 0.306 e. The number of nitrogens with one attached hydrogen (secondary N) is 1. The summed E-state index contributed by atoms with van der Waals surface area (Å²) < 4.78 is 4.75. The molecule has 0 aromatic carbocycles. The van der Waals surface area contributed by atoms with Crippen LogP contribution >= 0.6 is 0 Å². The first kappa shape index (κ1) is 14.9. The molecule has 0 aromatic heterocycles. The second-order valence-electron chi connectivity index (χ2n) is 4.49. The lowest BCUT2D eigenvalue weighted by atomic mass is 9.99. The largest absolute Gasteiger partial charge is 0.466 e. The zero-order valence-corrected chi connectivity index (χ0v) is 10.8. The van der Waals surface area contributed by atoms with E-state index in [-0.39, 0.29) is 30.3 Å². The molecule has 0 bridgehead atoms. The van der Waals surface area contributed by atoms with E-state index in [2.05, 4.69) is 12.2 Å². The number of ether oxygens (including phenoxy) is 1. The molecule has 0 aliphatic carbocycles. The molecule has 0 atom stereocenters. The van der Waals surface area contributed by atoms with Crippen LogP contribution in [0.25, 0.3) is 0 Å². The van der Waals surface area contributed by atoms with Gasteiger partial charge in [0.1, 0.15) is 0 Å². The first-order valence-corrected chi connectivity index (χ1v) is 5.88. The van der Waals surface area contributed by atoms with Crippen LogP contribution in [0.1, 0.15) is 53.4 Å². The van der Waals surface area contributed by atoms with Crippen LogP contribution in [0.4, 0.5) is 0 Å². The van der Waals surface area contributed by atoms with Gasteiger partial charge in [-0.25, -0.2) is 0 Å². The Morgan fingerprint density at radius 3 is 2.31 bits per heavy atom. The van der Waals surface area contributed by atoms with Crippen LogP contribution in [0.2, 0.25) is 0 Å². The van der Waals surface area contributed by atoms with E-state index < -0.39 is 0 Å². The minimum atomic E-state index is -0.314. The lowest BCUT2D eigenvalue weighted by Crippen LogP contribution is -2.43. The van der Waals surface area contributed by atoms with E-state index in [9.17, 15) is 9.59 Å². The fourth-order valence-electron chi connectivity index (χ4n) is 1.58. The molecule has 0 aliphatic rings. The van der Waals surface area contributed by atoms with E-state index in [1.165, 1.54) is 0 Å². The molecule has 0 saturated heterocycles. The Labute approximate surface area is 97.7 Å². The number of hydrogen-bond donors (Lipinski definition) is 1. The molecule has 0 spiro atoms. The van der Waals surface area contributed by atoms with Gasteiger partial charge in [-0.15, -0.1) is 0 Å². The Hall–Kier alpha value is -1.06. The number of rotatable bonds is 7. The summed E-state index contributed by atoms with van der Waals surface area (Å²) in [5.41, 5.74) is -0.194. The van der Waals surface area contributed by atoms with Gasteiger partial charge in [-0.1, -0.05) is 13.3 Å².